The number of ketones is 1. The number of rotatable bonds is 7. The third kappa shape index (κ3) is 4.69. The number of methoxy groups -OCH3 is 3. The maximum absolute atomic E-state index is 13.5. The Labute approximate surface area is 212 Å². The molecule has 2 unspecified atom stereocenters. The van der Waals surface area contributed by atoms with Gasteiger partial charge in [-0.1, -0.05) is 0 Å². The van der Waals surface area contributed by atoms with Gasteiger partial charge in [-0.05, 0) is 70.6 Å². The summed E-state index contributed by atoms with van der Waals surface area (Å²) in [5, 5.41) is 13.2. The molecule has 1 aliphatic carbocycles. The first-order chi connectivity index (χ1) is 16.8. The molecule has 0 spiro atoms. The number of carbonyl (C=O) groups excluding carboxylic acids is 2. The van der Waals surface area contributed by atoms with Gasteiger partial charge in [0.15, 0.2) is 28.8 Å². The third-order valence-corrected chi connectivity index (χ3v) is 7.05. The Morgan fingerprint density at radius 1 is 0.943 bits per heavy atom. The number of carbonyl (C=O) groups is 2. The van der Waals surface area contributed by atoms with Gasteiger partial charge in [-0.15, -0.1) is 0 Å². The highest BCUT2D eigenvalue weighted by Gasteiger charge is 2.39. The highest BCUT2D eigenvalue weighted by Crippen LogP contribution is 2.47. The first-order valence-electron chi connectivity index (χ1n) is 11.3. The molecule has 9 heteroatoms. The van der Waals surface area contributed by atoms with Crippen LogP contribution in [0.1, 0.15) is 49.1 Å². The second-order valence-electron chi connectivity index (χ2n) is 8.47. The summed E-state index contributed by atoms with van der Waals surface area (Å²) >= 11 is 3.37. The molecule has 0 fully saturated rings. The van der Waals surface area contributed by atoms with Crippen LogP contribution in [0, 0.1) is 0 Å². The van der Waals surface area contributed by atoms with Crippen LogP contribution in [-0.2, 0) is 9.59 Å². The summed E-state index contributed by atoms with van der Waals surface area (Å²) in [5.74, 6) is 1.02. The number of hydrogen-bond acceptors (Lipinski definition) is 7. The zero-order valence-electron chi connectivity index (χ0n) is 20.1. The number of ether oxygens (including phenoxy) is 4. The zero-order chi connectivity index (χ0) is 25.3. The van der Waals surface area contributed by atoms with Crippen LogP contribution in [0.25, 0.3) is 0 Å². The van der Waals surface area contributed by atoms with Crippen molar-refractivity contribution in [3.63, 3.8) is 0 Å². The predicted octanol–water partition coefficient (Wildman–Crippen LogP) is 4.58. The van der Waals surface area contributed by atoms with Crippen LogP contribution in [0.5, 0.6) is 28.7 Å². The predicted molar refractivity (Wildman–Crippen MR) is 133 cm³/mol. The molecule has 0 saturated carbocycles. The summed E-state index contributed by atoms with van der Waals surface area (Å²) in [5.41, 5.74) is 2.83. The van der Waals surface area contributed by atoms with Crippen LogP contribution in [0.3, 0.4) is 0 Å². The molecule has 8 nitrogen and oxygen atoms in total. The number of phenols is 1. The number of nitrogens with one attached hydrogen (secondary N) is 1. The molecule has 1 heterocycles. The van der Waals surface area contributed by atoms with Crippen molar-refractivity contribution in [1.29, 1.82) is 0 Å². The summed E-state index contributed by atoms with van der Waals surface area (Å²) in [6.07, 6.45) is 0.906. The fourth-order valence-corrected chi connectivity index (χ4v) is 5.34. The van der Waals surface area contributed by atoms with Gasteiger partial charge in [0.1, 0.15) is 0 Å². The van der Waals surface area contributed by atoms with Gasteiger partial charge in [0.2, 0.25) is 11.7 Å². The van der Waals surface area contributed by atoms with E-state index in [1.54, 1.807) is 26.4 Å². The number of allylic oxidation sites excluding steroid dienone is 2. The second kappa shape index (κ2) is 10.2. The van der Waals surface area contributed by atoms with E-state index in [1.807, 2.05) is 19.1 Å². The lowest BCUT2D eigenvalue weighted by Crippen LogP contribution is -2.38. The van der Waals surface area contributed by atoms with Gasteiger partial charge >= 0.3 is 0 Å². The van der Waals surface area contributed by atoms with Gasteiger partial charge in [-0.2, -0.15) is 0 Å². The van der Waals surface area contributed by atoms with Crippen LogP contribution in [0.4, 0.5) is 0 Å². The number of amides is 1. The molecule has 0 aromatic heterocycles. The molecule has 0 radical (unpaired) electrons. The van der Waals surface area contributed by atoms with Crippen molar-refractivity contribution in [2.45, 2.75) is 38.0 Å². The molecule has 4 rings (SSSR count). The highest BCUT2D eigenvalue weighted by atomic mass is 79.9. The molecular formula is C26H28BrNO7. The number of hydrogen-bond donors (Lipinski definition) is 2. The van der Waals surface area contributed by atoms with Crippen molar-refractivity contribution in [3.8, 4) is 28.7 Å². The lowest BCUT2D eigenvalue weighted by atomic mass is 9.73. The van der Waals surface area contributed by atoms with Crippen molar-refractivity contribution < 1.29 is 33.6 Å². The molecule has 0 bridgehead atoms. The van der Waals surface area contributed by atoms with E-state index in [0.29, 0.717) is 51.8 Å². The number of halogens is 1. The van der Waals surface area contributed by atoms with E-state index in [4.69, 9.17) is 18.9 Å². The van der Waals surface area contributed by atoms with E-state index in [2.05, 4.69) is 21.2 Å². The first-order valence-corrected chi connectivity index (χ1v) is 12.1. The van der Waals surface area contributed by atoms with Gasteiger partial charge in [0.25, 0.3) is 0 Å². The van der Waals surface area contributed by atoms with Crippen LogP contribution in [0.15, 0.2) is 40.0 Å². The standard InChI is InChI=1S/C26H28BrNO7/c1-5-35-20-11-15(6-17(27)25(20)31)16-12-23(30)28-18-7-13(8-19(29)24(16)18)14-9-21(32-2)26(34-4)22(10-14)33-3/h6,9-11,13,16,31H,5,7-8,12H2,1-4H3,(H,28,30). The maximum Gasteiger partial charge on any atom is 0.225 e. The Kier molecular flexibility index (Phi) is 7.25. The first kappa shape index (κ1) is 24.9. The summed E-state index contributed by atoms with van der Waals surface area (Å²) < 4.78 is 22.4. The van der Waals surface area contributed by atoms with E-state index in [1.165, 1.54) is 7.11 Å². The molecular weight excluding hydrogens is 518 g/mol. The lowest BCUT2D eigenvalue weighted by molar-refractivity contribution is -0.122. The largest absolute Gasteiger partial charge is 0.503 e. The van der Waals surface area contributed by atoms with E-state index < -0.39 is 5.92 Å². The minimum absolute atomic E-state index is 0.0116. The fourth-order valence-electron chi connectivity index (χ4n) is 4.88. The van der Waals surface area contributed by atoms with E-state index in [9.17, 15) is 14.7 Å². The quantitative estimate of drug-likeness (QED) is 0.524. The van der Waals surface area contributed by atoms with Gasteiger partial charge in [-0.25, -0.2) is 0 Å². The molecule has 186 valence electrons. The third-order valence-electron chi connectivity index (χ3n) is 6.45. The average Bonchev–Trinajstić information content (AvgIpc) is 2.84. The SMILES string of the molecule is CCOc1cc(C2CC(=O)NC3=C2C(=O)CC(c2cc(OC)c(OC)c(OC)c2)C3)cc(Br)c1O. The Morgan fingerprint density at radius 3 is 2.20 bits per heavy atom. The molecule has 1 aliphatic heterocycles. The normalized spacial score (nSPS) is 19.7. The van der Waals surface area contributed by atoms with Crippen molar-refractivity contribution in [1.82, 2.24) is 5.32 Å². The molecule has 2 aromatic rings. The topological polar surface area (TPSA) is 103 Å². The van der Waals surface area contributed by atoms with Crippen molar-refractivity contribution >= 4 is 27.6 Å². The van der Waals surface area contributed by atoms with Crippen LogP contribution < -0.4 is 24.3 Å². The van der Waals surface area contributed by atoms with Crippen molar-refractivity contribution in [2.75, 3.05) is 27.9 Å². The van der Waals surface area contributed by atoms with Gasteiger partial charge < -0.3 is 29.4 Å². The Hall–Kier alpha value is -3.20. The minimum atomic E-state index is -0.428. The van der Waals surface area contributed by atoms with Crippen LogP contribution >= 0.6 is 15.9 Å². The molecule has 2 atom stereocenters. The molecule has 35 heavy (non-hydrogen) atoms. The molecule has 2 aliphatic rings. The molecule has 2 N–H and O–H groups in total. The fraction of sp³-hybridized carbons (Fsp3) is 0.385. The number of aromatic hydroxyl groups is 1. The number of benzene rings is 2. The van der Waals surface area contributed by atoms with E-state index in [0.717, 1.165) is 11.1 Å². The summed E-state index contributed by atoms with van der Waals surface area (Å²) in [6, 6.07) is 7.14. The number of Topliss-reactive ketones (excluding diaryl/α,β-unsaturated/α-hetero) is 1. The molecule has 1 amide bonds. The Balaban J connectivity index is 1.74. The second-order valence-corrected chi connectivity index (χ2v) is 9.32. The smallest absolute Gasteiger partial charge is 0.225 e. The van der Waals surface area contributed by atoms with E-state index >= 15 is 0 Å². The van der Waals surface area contributed by atoms with Crippen LogP contribution in [0.2, 0.25) is 0 Å². The maximum atomic E-state index is 13.5. The Morgan fingerprint density at radius 2 is 1.60 bits per heavy atom. The average molecular weight is 546 g/mol. The van der Waals surface area contributed by atoms with Crippen molar-refractivity contribution in [2.24, 2.45) is 0 Å². The summed E-state index contributed by atoms with van der Waals surface area (Å²) in [6.45, 7) is 2.20. The molecule has 0 saturated heterocycles. The highest BCUT2D eigenvalue weighted by molar-refractivity contribution is 9.10. The van der Waals surface area contributed by atoms with Gasteiger partial charge in [0, 0.05) is 30.0 Å². The summed E-state index contributed by atoms with van der Waals surface area (Å²) in [4.78, 5) is 26.2. The summed E-state index contributed by atoms with van der Waals surface area (Å²) in [7, 11) is 4.63. The van der Waals surface area contributed by atoms with E-state index in [-0.39, 0.29) is 36.2 Å². The van der Waals surface area contributed by atoms with Crippen LogP contribution in [-0.4, -0.2) is 44.7 Å². The zero-order valence-corrected chi connectivity index (χ0v) is 21.7. The monoisotopic (exact) mass is 545 g/mol. The van der Waals surface area contributed by atoms with Gasteiger partial charge in [-0.3, -0.25) is 9.59 Å². The number of phenolic OH excluding ortho intramolecular Hbond substituents is 1. The molecule has 2 aromatic carbocycles. The Bertz CT molecular complexity index is 1180. The lowest BCUT2D eigenvalue weighted by Gasteiger charge is -2.35. The van der Waals surface area contributed by atoms with Gasteiger partial charge in [0.05, 0.1) is 32.4 Å². The minimum Gasteiger partial charge on any atom is -0.503 e. The van der Waals surface area contributed by atoms with Crippen molar-refractivity contribution in [3.05, 3.63) is 51.1 Å².